The van der Waals surface area contributed by atoms with E-state index in [1.165, 1.54) is 0 Å². The second-order valence-corrected chi connectivity index (χ2v) is 3.81. The molecule has 0 saturated carbocycles. The molecule has 0 aromatic carbocycles. The zero-order valence-electron chi connectivity index (χ0n) is 8.41. The van der Waals surface area contributed by atoms with Gasteiger partial charge in [0.1, 0.15) is 16.0 Å². The maximum absolute atomic E-state index is 12.5. The minimum Gasteiger partial charge on any atom is -0.405 e. The molecule has 0 atom stereocenters. The molecule has 1 aromatic heterocycles. The van der Waals surface area contributed by atoms with Gasteiger partial charge in [-0.15, -0.1) is 13.2 Å². The summed E-state index contributed by atoms with van der Waals surface area (Å²) in [5.41, 5.74) is -3.20. The molecule has 1 aromatic rings. The van der Waals surface area contributed by atoms with E-state index in [9.17, 15) is 35.1 Å². The minimum absolute atomic E-state index is 0.236. The molecule has 0 saturated heterocycles. The third kappa shape index (κ3) is 4.18. The van der Waals surface area contributed by atoms with Crippen LogP contribution in [0.2, 0.25) is 0 Å². The van der Waals surface area contributed by atoms with Crippen LogP contribution < -0.4 is 4.74 Å². The van der Waals surface area contributed by atoms with Gasteiger partial charge in [0.2, 0.25) is 0 Å². The molecule has 0 fully saturated rings. The van der Waals surface area contributed by atoms with E-state index in [-0.39, 0.29) is 6.07 Å². The summed E-state index contributed by atoms with van der Waals surface area (Å²) in [7, 11) is 0. The van der Waals surface area contributed by atoms with Crippen LogP contribution in [-0.2, 0) is 6.18 Å². The molecule has 0 unspecified atom stereocenters. The van der Waals surface area contributed by atoms with Gasteiger partial charge >= 0.3 is 12.5 Å². The van der Waals surface area contributed by atoms with E-state index < -0.39 is 40.6 Å². The molecule has 0 aliphatic heterocycles. The van der Waals surface area contributed by atoms with Crippen molar-refractivity contribution in [3.63, 3.8) is 0 Å². The zero-order chi connectivity index (χ0) is 15.0. The lowest BCUT2D eigenvalue weighted by Gasteiger charge is -2.16. The number of alkyl halides is 8. The van der Waals surface area contributed by atoms with Gasteiger partial charge in [-0.25, -0.2) is 13.8 Å². The van der Waals surface area contributed by atoms with E-state index in [0.717, 1.165) is 0 Å². The fourth-order valence-corrected chi connectivity index (χ4v) is 1.61. The van der Waals surface area contributed by atoms with Crippen LogP contribution in [-0.4, -0.2) is 11.3 Å². The van der Waals surface area contributed by atoms with E-state index >= 15 is 0 Å². The Bertz CT molecular complexity index is 469. The van der Waals surface area contributed by atoms with Gasteiger partial charge in [-0.05, 0) is 15.9 Å². The summed E-state index contributed by atoms with van der Waals surface area (Å²) in [5.74, 6) is -1.66. The number of hydrogen-bond donors (Lipinski definition) is 0. The van der Waals surface area contributed by atoms with Gasteiger partial charge in [-0.1, -0.05) is 0 Å². The lowest BCUT2D eigenvalue weighted by Crippen LogP contribution is -2.20. The molecule has 0 bridgehead atoms. The van der Waals surface area contributed by atoms with E-state index in [1.807, 2.05) is 0 Å². The normalized spacial score (nSPS) is 12.9. The van der Waals surface area contributed by atoms with Gasteiger partial charge in [0.15, 0.2) is 0 Å². The molecule has 11 heteroatoms. The van der Waals surface area contributed by atoms with Crippen molar-refractivity contribution in [2.75, 3.05) is 0 Å². The Morgan fingerprint density at radius 1 is 1.11 bits per heavy atom. The lowest BCUT2D eigenvalue weighted by molar-refractivity contribution is -0.275. The van der Waals surface area contributed by atoms with Crippen LogP contribution in [0.1, 0.15) is 17.7 Å². The van der Waals surface area contributed by atoms with Crippen LogP contribution in [0.3, 0.4) is 0 Å². The highest BCUT2D eigenvalue weighted by Crippen LogP contribution is 2.40. The summed E-state index contributed by atoms with van der Waals surface area (Å²) in [6, 6.07) is -0.236. The van der Waals surface area contributed by atoms with Crippen LogP contribution in [0.25, 0.3) is 0 Å². The van der Waals surface area contributed by atoms with Gasteiger partial charge in [-0.3, -0.25) is 0 Å². The predicted octanol–water partition coefficient (Wildman–Crippen LogP) is 4.70. The zero-order valence-corrected chi connectivity index (χ0v) is 10.00. The highest BCUT2D eigenvalue weighted by molar-refractivity contribution is 9.10. The Morgan fingerprint density at radius 3 is 2.00 bits per heavy atom. The highest BCUT2D eigenvalue weighted by atomic mass is 79.9. The molecule has 0 N–H and O–H groups in total. The van der Waals surface area contributed by atoms with Crippen LogP contribution in [0.4, 0.5) is 35.1 Å². The summed E-state index contributed by atoms with van der Waals surface area (Å²) >= 11 is 2.26. The van der Waals surface area contributed by atoms with Gasteiger partial charge in [0.05, 0.1) is 5.56 Å². The number of halogens is 9. The number of rotatable bonds is 2. The number of nitrogens with zero attached hydrogens (tertiary/aromatic N) is 1. The molecular formula is C8H2BrF8NO. The SMILES string of the molecule is FC(F)c1c(OC(F)(F)F)cc(C(F)(F)F)nc1Br. The second kappa shape index (κ2) is 5.10. The van der Waals surface area contributed by atoms with Crippen molar-refractivity contribution in [3.8, 4) is 5.75 Å². The maximum atomic E-state index is 12.5. The third-order valence-corrected chi connectivity index (χ3v) is 2.31. The fraction of sp³-hybridized carbons (Fsp3) is 0.375. The first-order valence-electron chi connectivity index (χ1n) is 4.23. The molecule has 0 aliphatic rings. The smallest absolute Gasteiger partial charge is 0.405 e. The molecule has 0 amide bonds. The molecule has 0 spiro atoms. The highest BCUT2D eigenvalue weighted by Gasteiger charge is 2.39. The molecule has 1 heterocycles. The third-order valence-electron chi connectivity index (χ3n) is 1.71. The van der Waals surface area contributed by atoms with Gasteiger partial charge in [-0.2, -0.15) is 13.2 Å². The summed E-state index contributed by atoms with van der Waals surface area (Å²) in [6.07, 6.45) is -14.0. The largest absolute Gasteiger partial charge is 0.573 e. The van der Waals surface area contributed by atoms with Crippen LogP contribution >= 0.6 is 15.9 Å². The summed E-state index contributed by atoms with van der Waals surface area (Å²) in [6.45, 7) is 0. The first-order valence-corrected chi connectivity index (χ1v) is 5.02. The summed E-state index contributed by atoms with van der Waals surface area (Å²) in [5, 5.41) is 0. The van der Waals surface area contributed by atoms with E-state index in [0.29, 0.717) is 0 Å². The van der Waals surface area contributed by atoms with Crippen LogP contribution in [0.15, 0.2) is 10.7 Å². The molecule has 2 nitrogen and oxygen atoms in total. The molecule has 0 radical (unpaired) electrons. The van der Waals surface area contributed by atoms with Crippen LogP contribution in [0, 0.1) is 0 Å². The number of aromatic nitrogens is 1. The van der Waals surface area contributed by atoms with Gasteiger partial charge in [0, 0.05) is 6.07 Å². The first kappa shape index (κ1) is 15.9. The Morgan fingerprint density at radius 2 is 1.63 bits per heavy atom. The average Bonchev–Trinajstić information content (AvgIpc) is 2.11. The standard InChI is InChI=1S/C8H2BrF8NO/c9-5-4(6(10)11)2(19-8(15,16)17)1-3(18-5)7(12,13)14/h1,6H. The quantitative estimate of drug-likeness (QED) is 0.564. The minimum atomic E-state index is -5.41. The molecular weight excluding hydrogens is 358 g/mol. The maximum Gasteiger partial charge on any atom is 0.573 e. The monoisotopic (exact) mass is 359 g/mol. The van der Waals surface area contributed by atoms with Crippen molar-refractivity contribution in [2.45, 2.75) is 19.0 Å². The molecule has 0 aliphatic carbocycles. The second-order valence-electron chi connectivity index (χ2n) is 3.06. The topological polar surface area (TPSA) is 22.1 Å². The van der Waals surface area contributed by atoms with E-state index in [2.05, 4.69) is 25.7 Å². The fourth-order valence-electron chi connectivity index (χ4n) is 1.05. The Hall–Kier alpha value is -1.13. The molecule has 1 rings (SSSR count). The number of ether oxygens (including phenoxy) is 1. The van der Waals surface area contributed by atoms with Crippen LogP contribution in [0.5, 0.6) is 5.75 Å². The average molecular weight is 360 g/mol. The Kier molecular flexibility index (Phi) is 4.27. The summed E-state index contributed by atoms with van der Waals surface area (Å²) in [4.78, 5) is 2.72. The van der Waals surface area contributed by atoms with Crippen molar-refractivity contribution in [2.24, 2.45) is 0 Å². The lowest BCUT2D eigenvalue weighted by atomic mass is 10.2. The van der Waals surface area contributed by atoms with Crippen molar-refractivity contribution >= 4 is 15.9 Å². The van der Waals surface area contributed by atoms with Crippen molar-refractivity contribution in [3.05, 3.63) is 21.9 Å². The van der Waals surface area contributed by atoms with Crippen molar-refractivity contribution in [1.29, 1.82) is 0 Å². The predicted molar refractivity (Wildman–Crippen MR) is 48.6 cm³/mol. The number of hydrogen-bond acceptors (Lipinski definition) is 2. The van der Waals surface area contributed by atoms with Gasteiger partial charge < -0.3 is 4.74 Å². The van der Waals surface area contributed by atoms with Gasteiger partial charge in [0.25, 0.3) is 6.43 Å². The molecule has 108 valence electrons. The van der Waals surface area contributed by atoms with Crippen molar-refractivity contribution in [1.82, 2.24) is 4.98 Å². The Balaban J connectivity index is 3.42. The van der Waals surface area contributed by atoms with E-state index in [1.54, 1.807) is 0 Å². The number of pyridine rings is 1. The molecule has 19 heavy (non-hydrogen) atoms. The Labute approximate surface area is 108 Å². The first-order chi connectivity index (χ1) is 8.42. The summed E-state index contributed by atoms with van der Waals surface area (Å²) < 4.78 is 99.9. The van der Waals surface area contributed by atoms with Crippen molar-refractivity contribution < 1.29 is 39.9 Å². The van der Waals surface area contributed by atoms with E-state index in [4.69, 9.17) is 0 Å².